The predicted molar refractivity (Wildman–Crippen MR) is 157 cm³/mol. The van der Waals surface area contributed by atoms with Crippen LogP contribution in [0, 0.1) is 11.8 Å². The first-order chi connectivity index (χ1) is 19.7. The number of carbonyl (C=O) groups is 3. The highest BCUT2D eigenvalue weighted by molar-refractivity contribution is 7.80. The molecular weight excluding hydrogens is 564 g/mol. The van der Waals surface area contributed by atoms with E-state index in [1.807, 2.05) is 6.07 Å². The molecule has 9 N–H and O–H groups in total. The molecular formula is C29H30N4O8S. The van der Waals surface area contributed by atoms with E-state index in [0.29, 0.717) is 11.3 Å². The minimum absolute atomic E-state index is 0.0927. The molecule has 1 fully saturated rings. The number of anilines is 2. The molecule has 1 saturated carbocycles. The van der Waals surface area contributed by atoms with Crippen LogP contribution in [0.5, 0.6) is 5.75 Å². The molecule has 42 heavy (non-hydrogen) atoms. The summed E-state index contributed by atoms with van der Waals surface area (Å²) in [4.78, 5) is 40.8. The summed E-state index contributed by atoms with van der Waals surface area (Å²) in [5, 5.41) is 63.1. The Kier molecular flexibility index (Phi) is 7.10. The first-order valence-corrected chi connectivity index (χ1v) is 13.5. The highest BCUT2D eigenvalue weighted by atomic mass is 32.1. The number of nitrogens with two attached hydrogens (primary N) is 1. The summed E-state index contributed by atoms with van der Waals surface area (Å²) < 4.78 is 0. The third-order valence-electron chi connectivity index (χ3n) is 8.41. The lowest BCUT2D eigenvalue weighted by atomic mass is 9.54. The van der Waals surface area contributed by atoms with E-state index in [-0.39, 0.29) is 16.4 Å². The number of aliphatic hydroxyl groups excluding tert-OH is 3. The van der Waals surface area contributed by atoms with Crippen molar-refractivity contribution in [2.75, 3.05) is 24.7 Å². The zero-order chi connectivity index (χ0) is 30.8. The first kappa shape index (κ1) is 29.2. The number of nitrogens with one attached hydrogen (secondary N) is 2. The van der Waals surface area contributed by atoms with Crippen LogP contribution in [0.25, 0.3) is 5.76 Å². The number of aliphatic hydroxyl groups is 4. The van der Waals surface area contributed by atoms with Crippen LogP contribution >= 0.6 is 12.2 Å². The number of nitrogens with zero attached hydrogens (tertiary/aromatic N) is 1. The fourth-order valence-electron chi connectivity index (χ4n) is 6.52. The number of phenolic OH excluding ortho intramolecular Hbond substituents is 1. The van der Waals surface area contributed by atoms with Gasteiger partial charge >= 0.3 is 0 Å². The van der Waals surface area contributed by atoms with E-state index in [1.54, 1.807) is 37.3 Å². The van der Waals surface area contributed by atoms with Crippen molar-refractivity contribution in [2.24, 2.45) is 17.6 Å². The smallest absolute Gasteiger partial charge is 0.255 e. The van der Waals surface area contributed by atoms with Crippen molar-refractivity contribution in [3.63, 3.8) is 0 Å². The van der Waals surface area contributed by atoms with Crippen LogP contribution in [0.2, 0.25) is 0 Å². The normalized spacial score (nSPS) is 28.7. The molecule has 1 amide bonds. The lowest BCUT2D eigenvalue weighted by molar-refractivity contribution is -0.169. The molecule has 220 valence electrons. The molecule has 0 aliphatic heterocycles. The predicted octanol–water partition coefficient (Wildman–Crippen LogP) is 1.30. The van der Waals surface area contributed by atoms with Crippen LogP contribution < -0.4 is 16.4 Å². The molecule has 3 aliphatic rings. The van der Waals surface area contributed by atoms with E-state index in [0.717, 1.165) is 0 Å². The van der Waals surface area contributed by atoms with E-state index in [4.69, 9.17) is 18.0 Å². The van der Waals surface area contributed by atoms with Crippen LogP contribution in [0.4, 0.5) is 11.4 Å². The lowest BCUT2D eigenvalue weighted by Gasteiger charge is -2.53. The number of phenols is 1. The molecule has 6 atom stereocenters. The number of fused-ring (bicyclic) bond motifs is 3. The maximum absolute atomic E-state index is 14.1. The maximum atomic E-state index is 14.1. The van der Waals surface area contributed by atoms with Gasteiger partial charge < -0.3 is 41.9 Å². The first-order valence-electron chi connectivity index (χ1n) is 13.0. The molecule has 13 heteroatoms. The van der Waals surface area contributed by atoms with Gasteiger partial charge in [0.25, 0.3) is 5.91 Å². The number of para-hydroxylation sites is 1. The summed E-state index contributed by atoms with van der Waals surface area (Å²) in [5.74, 6) is -9.52. The van der Waals surface area contributed by atoms with Gasteiger partial charge in [0.2, 0.25) is 5.78 Å². The topological polar surface area (TPSA) is 206 Å². The Hall–Kier alpha value is -4.30. The SMILES string of the molecule is C[C@H]1c2ccc(NC(=S)Nc3ccccc3)c(O)c2C(O)=C2C(=O)[C@]3(O)C(O)=C(C(N)=O)C(=O)[C@@H](N(C)C)C3C(O)C21. The molecule has 0 heterocycles. The Morgan fingerprint density at radius 1 is 1.05 bits per heavy atom. The van der Waals surface area contributed by atoms with Gasteiger partial charge in [0.05, 0.1) is 29.3 Å². The molecule has 0 saturated heterocycles. The number of benzene rings is 2. The number of carbonyl (C=O) groups excluding carboxylic acids is 3. The highest BCUT2D eigenvalue weighted by Gasteiger charge is 2.68. The van der Waals surface area contributed by atoms with Gasteiger partial charge in [-0.3, -0.25) is 19.3 Å². The van der Waals surface area contributed by atoms with Gasteiger partial charge in [-0.05, 0) is 56.0 Å². The Labute approximate surface area is 245 Å². The molecule has 0 radical (unpaired) electrons. The standard InChI is InChI=1S/C29H30N4O8S/c1-11-13-9-10-14(32-28(42)31-12-7-5-4-6-8-12)21(34)16(13)22(35)17-15(11)23(36)19-20(33(2)3)24(37)18(27(30)40)26(39)29(19,41)25(17)38/h4-11,15,19-20,23,34-36,39,41H,1-3H3,(H2,30,40)(H2,31,32,42)/t11-,15?,19?,20-,23?,29-/m0/s1. The number of amides is 1. The van der Waals surface area contributed by atoms with Crippen molar-refractivity contribution < 1.29 is 39.9 Å². The molecule has 2 aromatic rings. The number of primary amides is 1. The number of hydrogen-bond donors (Lipinski definition) is 8. The van der Waals surface area contributed by atoms with Gasteiger partial charge in [-0.2, -0.15) is 0 Å². The van der Waals surface area contributed by atoms with Crippen LogP contribution in [-0.4, -0.2) is 84.9 Å². The number of Topliss-reactive ketones (excluding diaryl/α,β-unsaturated/α-hetero) is 2. The van der Waals surface area contributed by atoms with Crippen LogP contribution in [-0.2, 0) is 14.4 Å². The third-order valence-corrected chi connectivity index (χ3v) is 8.61. The summed E-state index contributed by atoms with van der Waals surface area (Å²) in [6, 6.07) is 10.7. The summed E-state index contributed by atoms with van der Waals surface area (Å²) in [6.07, 6.45) is -1.66. The van der Waals surface area contributed by atoms with E-state index in [1.165, 1.54) is 25.1 Å². The molecule has 5 rings (SSSR count). The second-order valence-corrected chi connectivity index (χ2v) is 11.3. The number of thiocarbonyl (C=S) groups is 1. The Bertz CT molecular complexity index is 1600. The molecule has 3 unspecified atom stereocenters. The maximum Gasteiger partial charge on any atom is 0.255 e. The monoisotopic (exact) mass is 594 g/mol. The molecule has 2 aromatic carbocycles. The Morgan fingerprint density at radius 2 is 1.69 bits per heavy atom. The third kappa shape index (κ3) is 4.08. The Morgan fingerprint density at radius 3 is 2.29 bits per heavy atom. The Balaban J connectivity index is 1.64. The second kappa shape index (κ2) is 10.2. The van der Waals surface area contributed by atoms with Crippen molar-refractivity contribution in [3.8, 4) is 5.75 Å². The van der Waals surface area contributed by atoms with E-state index in [2.05, 4.69) is 10.6 Å². The number of hydrogen-bond acceptors (Lipinski definition) is 10. The summed E-state index contributed by atoms with van der Waals surface area (Å²) in [6.45, 7) is 1.66. The minimum Gasteiger partial charge on any atom is -0.508 e. The van der Waals surface area contributed by atoms with Crippen molar-refractivity contribution in [2.45, 2.75) is 30.6 Å². The van der Waals surface area contributed by atoms with Crippen molar-refractivity contribution in [1.82, 2.24) is 4.90 Å². The zero-order valence-electron chi connectivity index (χ0n) is 22.8. The molecule has 0 bridgehead atoms. The van der Waals surface area contributed by atoms with Gasteiger partial charge in [0, 0.05) is 17.2 Å². The molecule has 0 spiro atoms. The molecule has 3 aliphatic carbocycles. The lowest BCUT2D eigenvalue weighted by Crippen LogP contribution is -2.70. The fourth-order valence-corrected chi connectivity index (χ4v) is 6.75. The van der Waals surface area contributed by atoms with Crippen LogP contribution in [0.15, 0.2) is 59.4 Å². The van der Waals surface area contributed by atoms with E-state index >= 15 is 0 Å². The average Bonchev–Trinajstić information content (AvgIpc) is 2.92. The number of aromatic hydroxyl groups is 1. The molecule has 0 aromatic heterocycles. The van der Waals surface area contributed by atoms with E-state index in [9.17, 15) is 39.9 Å². The summed E-state index contributed by atoms with van der Waals surface area (Å²) in [7, 11) is 2.90. The van der Waals surface area contributed by atoms with Gasteiger partial charge in [-0.1, -0.05) is 31.2 Å². The van der Waals surface area contributed by atoms with Gasteiger partial charge in [-0.15, -0.1) is 0 Å². The zero-order valence-corrected chi connectivity index (χ0v) is 23.6. The van der Waals surface area contributed by atoms with Gasteiger partial charge in [-0.25, -0.2) is 0 Å². The number of ketones is 2. The summed E-state index contributed by atoms with van der Waals surface area (Å²) in [5.41, 5.74) is 1.94. The van der Waals surface area contributed by atoms with Crippen molar-refractivity contribution in [3.05, 3.63) is 70.5 Å². The largest absolute Gasteiger partial charge is 0.508 e. The quantitative estimate of drug-likeness (QED) is 0.143. The van der Waals surface area contributed by atoms with E-state index < -0.39 is 81.4 Å². The van der Waals surface area contributed by atoms with Crippen molar-refractivity contribution in [1.29, 1.82) is 0 Å². The van der Waals surface area contributed by atoms with Crippen molar-refractivity contribution >= 4 is 51.9 Å². The summed E-state index contributed by atoms with van der Waals surface area (Å²) >= 11 is 5.35. The molecule has 12 nitrogen and oxygen atoms in total. The minimum atomic E-state index is -2.98. The second-order valence-electron chi connectivity index (χ2n) is 10.9. The van der Waals surface area contributed by atoms with Gasteiger partial charge in [0.15, 0.2) is 16.5 Å². The van der Waals surface area contributed by atoms with Gasteiger partial charge in [0.1, 0.15) is 22.8 Å². The fraction of sp³-hybridized carbons (Fsp3) is 0.310. The number of likely N-dealkylation sites (N-methyl/N-ethyl adjacent to an activating group) is 1. The number of rotatable bonds is 4. The average molecular weight is 595 g/mol. The highest BCUT2D eigenvalue weighted by Crippen LogP contribution is 2.56. The van der Waals surface area contributed by atoms with Crippen LogP contribution in [0.1, 0.15) is 24.0 Å². The van der Waals surface area contributed by atoms with Crippen LogP contribution in [0.3, 0.4) is 0 Å².